The van der Waals surface area contributed by atoms with E-state index in [2.05, 4.69) is 42.2 Å². The molecule has 0 spiro atoms. The van der Waals surface area contributed by atoms with Gasteiger partial charge in [0.2, 0.25) is 0 Å². The molecule has 2 N–H and O–H groups in total. The molecule has 2 aromatic rings. The van der Waals surface area contributed by atoms with Gasteiger partial charge in [-0.15, -0.1) is 0 Å². The van der Waals surface area contributed by atoms with Gasteiger partial charge in [-0.25, -0.2) is 4.99 Å². The van der Waals surface area contributed by atoms with E-state index in [0.29, 0.717) is 20.3 Å². The molecule has 2 aromatic carbocycles. The van der Waals surface area contributed by atoms with E-state index in [1.54, 1.807) is 18.2 Å². The Hall–Kier alpha value is -1.77. The van der Waals surface area contributed by atoms with Crippen molar-refractivity contribution >= 4 is 66.5 Å². The van der Waals surface area contributed by atoms with Gasteiger partial charge in [0, 0.05) is 4.47 Å². The van der Waals surface area contributed by atoms with Crippen LogP contribution in [0, 0.1) is 0 Å². The second kappa shape index (κ2) is 7.63. The molecule has 1 amide bonds. The lowest BCUT2D eigenvalue weighted by Gasteiger charge is -2.06. The molecule has 0 aliphatic carbocycles. The van der Waals surface area contributed by atoms with Crippen LogP contribution in [0.4, 0.5) is 5.69 Å². The minimum absolute atomic E-state index is 0.0191. The van der Waals surface area contributed by atoms with Gasteiger partial charge in [0.25, 0.3) is 5.91 Å². The van der Waals surface area contributed by atoms with Crippen LogP contribution in [-0.4, -0.2) is 23.3 Å². The third-order valence-corrected chi connectivity index (χ3v) is 5.32. The number of carbonyl (C=O) groups is 1. The molecule has 1 heterocycles. The molecule has 0 bridgehead atoms. The van der Waals surface area contributed by atoms with Gasteiger partial charge in [0.05, 0.1) is 22.2 Å². The third kappa shape index (κ3) is 4.26. The fourth-order valence-electron chi connectivity index (χ4n) is 2.10. The monoisotopic (exact) mass is 482 g/mol. The molecule has 8 heteroatoms. The number of carbonyl (C=O) groups excluding carboxylic acids is 1. The van der Waals surface area contributed by atoms with E-state index in [-0.39, 0.29) is 11.7 Å². The van der Waals surface area contributed by atoms with Crippen molar-refractivity contribution in [2.24, 2.45) is 4.99 Å². The first-order valence-electron chi connectivity index (χ1n) is 7.08. The molecule has 1 fully saturated rings. The van der Waals surface area contributed by atoms with Crippen LogP contribution in [0.15, 0.2) is 55.2 Å². The van der Waals surface area contributed by atoms with E-state index in [1.165, 1.54) is 18.9 Å². The molecule has 5 nitrogen and oxygen atoms in total. The summed E-state index contributed by atoms with van der Waals surface area (Å²) in [6, 6.07) is 10.9. The van der Waals surface area contributed by atoms with Crippen molar-refractivity contribution in [3.63, 3.8) is 0 Å². The number of hydrogen-bond acceptors (Lipinski definition) is 5. The van der Waals surface area contributed by atoms with E-state index >= 15 is 0 Å². The number of phenolic OH excluding ortho intramolecular Hbond substituents is 1. The normalized spacial score (nSPS) is 17.2. The van der Waals surface area contributed by atoms with Crippen LogP contribution in [0.3, 0.4) is 0 Å². The lowest BCUT2D eigenvalue weighted by molar-refractivity contribution is -0.115. The average Bonchev–Trinajstić information content (AvgIpc) is 2.92. The number of amides is 1. The molecule has 128 valence electrons. The van der Waals surface area contributed by atoms with Gasteiger partial charge in [0.1, 0.15) is 0 Å². The summed E-state index contributed by atoms with van der Waals surface area (Å²) in [7, 11) is 1.47. The number of ether oxygens (including phenoxy) is 1. The Kier molecular flexibility index (Phi) is 5.51. The van der Waals surface area contributed by atoms with Crippen molar-refractivity contribution in [2.45, 2.75) is 0 Å². The molecule has 25 heavy (non-hydrogen) atoms. The fourth-order valence-corrected chi connectivity index (χ4v) is 3.66. The highest BCUT2D eigenvalue weighted by atomic mass is 79.9. The van der Waals surface area contributed by atoms with Gasteiger partial charge in [-0.05, 0) is 75.7 Å². The number of halogens is 2. The Morgan fingerprint density at radius 1 is 1.24 bits per heavy atom. The molecule has 1 aliphatic heterocycles. The summed E-state index contributed by atoms with van der Waals surface area (Å²) in [6.07, 6.45) is 1.72. The van der Waals surface area contributed by atoms with Crippen molar-refractivity contribution < 1.29 is 14.6 Å². The van der Waals surface area contributed by atoms with Gasteiger partial charge in [-0.3, -0.25) is 4.79 Å². The number of aromatic hydroxyl groups is 1. The number of phenols is 1. The van der Waals surface area contributed by atoms with Crippen LogP contribution in [0.25, 0.3) is 6.08 Å². The quantitative estimate of drug-likeness (QED) is 0.614. The molecule has 1 saturated heterocycles. The van der Waals surface area contributed by atoms with Crippen molar-refractivity contribution in [3.05, 3.63) is 55.8 Å². The molecule has 0 saturated carbocycles. The van der Waals surface area contributed by atoms with E-state index < -0.39 is 0 Å². The summed E-state index contributed by atoms with van der Waals surface area (Å²) in [6.45, 7) is 0. The third-order valence-electron chi connectivity index (χ3n) is 3.28. The van der Waals surface area contributed by atoms with Crippen LogP contribution < -0.4 is 10.1 Å². The predicted octanol–water partition coefficient (Wildman–Crippen LogP) is 4.82. The number of benzene rings is 2. The maximum atomic E-state index is 12.2. The summed E-state index contributed by atoms with van der Waals surface area (Å²) < 4.78 is 6.58. The van der Waals surface area contributed by atoms with E-state index in [1.807, 2.05) is 24.3 Å². The highest BCUT2D eigenvalue weighted by Gasteiger charge is 2.24. The number of amidine groups is 1. The van der Waals surface area contributed by atoms with Gasteiger partial charge in [-0.1, -0.05) is 15.9 Å². The summed E-state index contributed by atoms with van der Waals surface area (Å²) in [4.78, 5) is 17.1. The first-order valence-corrected chi connectivity index (χ1v) is 9.48. The maximum Gasteiger partial charge on any atom is 0.264 e. The molecular formula is C17H12Br2N2O3S. The second-order valence-corrected chi connectivity index (χ2v) is 7.81. The Morgan fingerprint density at radius 2 is 1.96 bits per heavy atom. The number of thioether (sulfide) groups is 1. The highest BCUT2D eigenvalue weighted by Crippen LogP contribution is 2.37. The minimum atomic E-state index is -0.218. The zero-order chi connectivity index (χ0) is 18.0. The Balaban J connectivity index is 1.86. The summed E-state index contributed by atoms with van der Waals surface area (Å²) >= 11 is 7.90. The van der Waals surface area contributed by atoms with Gasteiger partial charge < -0.3 is 15.2 Å². The number of rotatable bonds is 3. The first kappa shape index (κ1) is 18.0. The standard InChI is InChI=1S/C17H12Br2N2O3S/c1-24-13-7-9(6-12(19)15(13)22)8-14-16(23)21-17(25-14)20-11-4-2-10(18)3-5-11/h2-8,22H,1H3,(H,20,21,23)/b14-8+. The van der Waals surface area contributed by atoms with E-state index in [0.717, 1.165) is 15.7 Å². The minimum Gasteiger partial charge on any atom is -0.503 e. The second-order valence-electron chi connectivity index (χ2n) is 5.01. The number of hydrogen-bond donors (Lipinski definition) is 2. The van der Waals surface area contributed by atoms with E-state index in [4.69, 9.17) is 4.74 Å². The summed E-state index contributed by atoms with van der Waals surface area (Å²) in [5.41, 5.74) is 1.48. The lowest BCUT2D eigenvalue weighted by Crippen LogP contribution is -2.19. The van der Waals surface area contributed by atoms with Crippen molar-refractivity contribution in [1.82, 2.24) is 5.32 Å². The average molecular weight is 484 g/mol. The van der Waals surface area contributed by atoms with Crippen LogP contribution in [0.2, 0.25) is 0 Å². The largest absolute Gasteiger partial charge is 0.503 e. The Labute approximate surface area is 165 Å². The first-order chi connectivity index (χ1) is 12.0. The van der Waals surface area contributed by atoms with Crippen LogP contribution >= 0.6 is 43.6 Å². The Morgan fingerprint density at radius 3 is 2.64 bits per heavy atom. The number of methoxy groups -OCH3 is 1. The number of nitrogens with one attached hydrogen (secondary N) is 1. The van der Waals surface area contributed by atoms with Crippen LogP contribution in [0.1, 0.15) is 5.56 Å². The van der Waals surface area contributed by atoms with Crippen LogP contribution in [-0.2, 0) is 4.79 Å². The lowest BCUT2D eigenvalue weighted by atomic mass is 10.2. The van der Waals surface area contributed by atoms with Crippen molar-refractivity contribution in [2.75, 3.05) is 7.11 Å². The molecule has 0 radical (unpaired) electrons. The SMILES string of the molecule is COc1cc(/C=C2/SC(=Nc3ccc(Br)cc3)NC2=O)cc(Br)c1O. The van der Waals surface area contributed by atoms with Crippen LogP contribution in [0.5, 0.6) is 11.5 Å². The number of nitrogens with zero attached hydrogens (tertiary/aromatic N) is 1. The molecule has 1 aliphatic rings. The molecule has 3 rings (SSSR count). The molecule has 0 unspecified atom stereocenters. The zero-order valence-corrected chi connectivity index (χ0v) is 16.9. The topological polar surface area (TPSA) is 70.9 Å². The van der Waals surface area contributed by atoms with E-state index in [9.17, 15) is 9.90 Å². The van der Waals surface area contributed by atoms with Crippen molar-refractivity contribution in [1.29, 1.82) is 0 Å². The summed E-state index contributed by atoms with van der Waals surface area (Å²) in [5.74, 6) is 0.128. The maximum absolute atomic E-state index is 12.2. The summed E-state index contributed by atoms with van der Waals surface area (Å²) in [5, 5.41) is 13.1. The molecule has 0 aromatic heterocycles. The smallest absolute Gasteiger partial charge is 0.264 e. The Bertz CT molecular complexity index is 896. The number of aliphatic imine (C=N–C) groups is 1. The van der Waals surface area contributed by atoms with Gasteiger partial charge >= 0.3 is 0 Å². The van der Waals surface area contributed by atoms with Crippen molar-refractivity contribution in [3.8, 4) is 11.5 Å². The molecular weight excluding hydrogens is 472 g/mol. The fraction of sp³-hybridized carbons (Fsp3) is 0.0588. The highest BCUT2D eigenvalue weighted by molar-refractivity contribution is 9.10. The van der Waals surface area contributed by atoms with Gasteiger partial charge in [0.15, 0.2) is 16.7 Å². The zero-order valence-electron chi connectivity index (χ0n) is 12.9. The predicted molar refractivity (Wildman–Crippen MR) is 107 cm³/mol. The molecule has 0 atom stereocenters. The van der Waals surface area contributed by atoms with Gasteiger partial charge in [-0.2, -0.15) is 0 Å².